The summed E-state index contributed by atoms with van der Waals surface area (Å²) in [5.41, 5.74) is 1.48. The van der Waals surface area contributed by atoms with Crippen LogP contribution in [0.3, 0.4) is 0 Å². The van der Waals surface area contributed by atoms with Gasteiger partial charge < -0.3 is 10.6 Å². The van der Waals surface area contributed by atoms with Crippen LogP contribution in [0.2, 0.25) is 0 Å². The lowest BCUT2D eigenvalue weighted by atomic mass is 9.82. The van der Waals surface area contributed by atoms with Crippen LogP contribution in [0.25, 0.3) is 0 Å². The Labute approximate surface area is 230 Å². The molecule has 5 rings (SSSR count). The van der Waals surface area contributed by atoms with Gasteiger partial charge in [-0.1, -0.05) is 36.4 Å². The fraction of sp³-hybridized carbons (Fsp3) is 0.0714. The first kappa shape index (κ1) is 27.2. The molecule has 0 atom stereocenters. The molecule has 0 heterocycles. The minimum absolute atomic E-state index is 0.00333. The SMILES string of the molecule is Cc1ccc(Nc2cccc3c2C(=O)c2c(Nc4ccc(C)cc4S(=O)(=O)O)cccc2C3=O)c(S(=O)(=O)O)c1. The van der Waals surface area contributed by atoms with Crippen molar-refractivity contribution in [1.29, 1.82) is 0 Å². The van der Waals surface area contributed by atoms with Crippen molar-refractivity contribution in [3.8, 4) is 0 Å². The second-order valence-corrected chi connectivity index (χ2v) is 12.1. The topological polar surface area (TPSA) is 167 Å². The third kappa shape index (κ3) is 4.89. The average molecular weight is 579 g/mol. The van der Waals surface area contributed by atoms with Crippen LogP contribution in [0.1, 0.15) is 43.0 Å². The number of carbonyl (C=O) groups excluding carboxylic acids is 2. The Morgan fingerprint density at radius 2 is 0.950 bits per heavy atom. The summed E-state index contributed by atoms with van der Waals surface area (Å²) in [5, 5.41) is 5.75. The predicted molar refractivity (Wildman–Crippen MR) is 148 cm³/mol. The molecular formula is C28H22N2O8S2. The van der Waals surface area contributed by atoms with Gasteiger partial charge in [-0.25, -0.2) is 0 Å². The summed E-state index contributed by atoms with van der Waals surface area (Å²) >= 11 is 0. The Balaban J connectivity index is 1.64. The van der Waals surface area contributed by atoms with Crippen molar-refractivity contribution in [3.63, 3.8) is 0 Å². The van der Waals surface area contributed by atoms with E-state index in [1.165, 1.54) is 60.7 Å². The molecule has 0 saturated heterocycles. The predicted octanol–water partition coefficient (Wildman–Crippen LogP) is 5.06. The highest BCUT2D eigenvalue weighted by molar-refractivity contribution is 7.86. The van der Waals surface area contributed by atoms with E-state index >= 15 is 0 Å². The van der Waals surface area contributed by atoms with Crippen molar-refractivity contribution in [2.24, 2.45) is 0 Å². The number of hydrogen-bond acceptors (Lipinski definition) is 8. The van der Waals surface area contributed by atoms with E-state index in [4.69, 9.17) is 0 Å². The first-order valence-electron chi connectivity index (χ1n) is 11.8. The minimum Gasteiger partial charge on any atom is -0.354 e. The van der Waals surface area contributed by atoms with Gasteiger partial charge in [-0.15, -0.1) is 0 Å². The third-order valence-corrected chi connectivity index (χ3v) is 8.23. The zero-order chi connectivity index (χ0) is 29.0. The molecule has 0 bridgehead atoms. The van der Waals surface area contributed by atoms with Crippen molar-refractivity contribution in [1.82, 2.24) is 0 Å². The maximum Gasteiger partial charge on any atom is 0.296 e. The van der Waals surface area contributed by atoms with E-state index in [1.54, 1.807) is 26.0 Å². The fourth-order valence-electron chi connectivity index (χ4n) is 4.63. The highest BCUT2D eigenvalue weighted by Crippen LogP contribution is 2.39. The lowest BCUT2D eigenvalue weighted by Gasteiger charge is -2.24. The molecule has 12 heteroatoms. The van der Waals surface area contributed by atoms with E-state index in [1.807, 2.05) is 0 Å². The number of anilines is 4. The quantitative estimate of drug-likeness (QED) is 0.200. The monoisotopic (exact) mass is 578 g/mol. The van der Waals surface area contributed by atoms with Gasteiger partial charge in [0.25, 0.3) is 20.2 Å². The molecule has 4 aromatic carbocycles. The molecule has 0 spiro atoms. The van der Waals surface area contributed by atoms with E-state index in [0.29, 0.717) is 11.1 Å². The zero-order valence-electron chi connectivity index (χ0n) is 21.1. The van der Waals surface area contributed by atoms with Crippen LogP contribution in [-0.2, 0) is 20.2 Å². The Kier molecular flexibility index (Phi) is 6.59. The maximum absolute atomic E-state index is 14.0. The third-order valence-electron chi connectivity index (χ3n) is 6.44. The van der Waals surface area contributed by atoms with Gasteiger partial charge in [0.05, 0.1) is 33.9 Å². The van der Waals surface area contributed by atoms with Crippen LogP contribution in [0.4, 0.5) is 22.7 Å². The van der Waals surface area contributed by atoms with Crippen LogP contribution >= 0.6 is 0 Å². The largest absolute Gasteiger partial charge is 0.354 e. The molecule has 204 valence electrons. The van der Waals surface area contributed by atoms with Crippen molar-refractivity contribution >= 4 is 54.6 Å². The fourth-order valence-corrected chi connectivity index (χ4v) is 6.10. The Hall–Kier alpha value is -4.36. The standard InChI is InChI=1S/C28H22N2O8S2/c1-15-9-11-19(23(13-15)39(33,34)35)29-21-7-3-5-17-25(21)28(32)26-18(27(17)31)6-4-8-22(26)30-20-12-10-16(2)14-24(20)40(36,37)38/h3-14,29-30H,1-2H3,(H,33,34,35)(H,36,37,38). The molecule has 0 fully saturated rings. The van der Waals surface area contributed by atoms with E-state index in [9.17, 15) is 35.5 Å². The van der Waals surface area contributed by atoms with E-state index in [-0.39, 0.29) is 45.0 Å². The Morgan fingerprint density at radius 1 is 0.550 bits per heavy atom. The number of carbonyl (C=O) groups is 2. The molecule has 0 saturated carbocycles. The molecule has 4 aromatic rings. The van der Waals surface area contributed by atoms with Crippen molar-refractivity contribution in [2.45, 2.75) is 23.6 Å². The summed E-state index contributed by atoms with van der Waals surface area (Å²) in [6.07, 6.45) is 0. The normalized spacial score (nSPS) is 13.0. The van der Waals surface area contributed by atoms with Gasteiger partial charge in [-0.2, -0.15) is 16.8 Å². The second kappa shape index (κ2) is 9.68. The van der Waals surface area contributed by atoms with Gasteiger partial charge in [0, 0.05) is 11.1 Å². The van der Waals surface area contributed by atoms with Crippen LogP contribution < -0.4 is 10.6 Å². The summed E-state index contributed by atoms with van der Waals surface area (Å²) in [4.78, 5) is 26.7. The second-order valence-electron chi connectivity index (χ2n) is 9.31. The zero-order valence-corrected chi connectivity index (χ0v) is 22.7. The van der Waals surface area contributed by atoms with Crippen molar-refractivity contribution < 1.29 is 35.5 Å². The maximum atomic E-state index is 14.0. The van der Waals surface area contributed by atoms with Crippen LogP contribution in [0.5, 0.6) is 0 Å². The molecule has 1 aliphatic rings. The molecule has 4 N–H and O–H groups in total. The van der Waals surface area contributed by atoms with Crippen molar-refractivity contribution in [3.05, 3.63) is 106 Å². The first-order chi connectivity index (χ1) is 18.8. The van der Waals surface area contributed by atoms with Gasteiger partial charge in [0.15, 0.2) is 11.6 Å². The van der Waals surface area contributed by atoms with E-state index in [0.717, 1.165) is 0 Å². The van der Waals surface area contributed by atoms with Gasteiger partial charge >= 0.3 is 0 Å². The summed E-state index contributed by atoms with van der Waals surface area (Å²) in [6, 6.07) is 17.6. The number of fused-ring (bicyclic) bond motifs is 2. The molecule has 40 heavy (non-hydrogen) atoms. The first-order valence-corrected chi connectivity index (χ1v) is 14.7. The average Bonchev–Trinajstić information content (AvgIpc) is 2.88. The number of rotatable bonds is 6. The summed E-state index contributed by atoms with van der Waals surface area (Å²) in [7, 11) is -9.25. The minimum atomic E-state index is -4.62. The summed E-state index contributed by atoms with van der Waals surface area (Å²) < 4.78 is 67.6. The number of nitrogens with one attached hydrogen (secondary N) is 2. The van der Waals surface area contributed by atoms with E-state index in [2.05, 4.69) is 10.6 Å². The van der Waals surface area contributed by atoms with Gasteiger partial charge in [0.2, 0.25) is 0 Å². The summed E-state index contributed by atoms with van der Waals surface area (Å²) in [6.45, 7) is 3.30. The molecule has 10 nitrogen and oxygen atoms in total. The number of ketones is 2. The van der Waals surface area contributed by atoms with Crippen molar-refractivity contribution in [2.75, 3.05) is 10.6 Å². The molecule has 0 unspecified atom stereocenters. The molecule has 0 radical (unpaired) electrons. The molecular weight excluding hydrogens is 556 g/mol. The van der Waals surface area contributed by atoms with Gasteiger partial charge in [-0.05, 0) is 61.4 Å². The number of aryl methyl sites for hydroxylation is 2. The van der Waals surface area contributed by atoms with Crippen LogP contribution in [0, 0.1) is 13.8 Å². The van der Waals surface area contributed by atoms with E-state index < -0.39 is 41.6 Å². The molecule has 0 aliphatic heterocycles. The Morgan fingerprint density at radius 3 is 1.32 bits per heavy atom. The lowest BCUT2D eigenvalue weighted by Crippen LogP contribution is -2.23. The smallest absolute Gasteiger partial charge is 0.296 e. The summed E-state index contributed by atoms with van der Waals surface area (Å²) in [5.74, 6) is -1.06. The molecule has 0 amide bonds. The molecule has 1 aliphatic carbocycles. The molecule has 0 aromatic heterocycles. The van der Waals surface area contributed by atoms with Gasteiger partial charge in [0.1, 0.15) is 9.79 Å². The number of hydrogen-bond donors (Lipinski definition) is 4. The lowest BCUT2D eigenvalue weighted by molar-refractivity contribution is 0.0980. The van der Waals surface area contributed by atoms with Crippen LogP contribution in [0.15, 0.2) is 82.6 Å². The van der Waals surface area contributed by atoms with Crippen LogP contribution in [-0.4, -0.2) is 37.5 Å². The van der Waals surface area contributed by atoms with Gasteiger partial charge in [-0.3, -0.25) is 18.7 Å². The number of benzene rings is 4. The highest BCUT2D eigenvalue weighted by Gasteiger charge is 2.34. The highest BCUT2D eigenvalue weighted by atomic mass is 32.2. The Bertz CT molecular complexity index is 1830.